The number of nitrogens with zero attached hydrogens (tertiary/aromatic N) is 2. The van der Waals surface area contributed by atoms with Gasteiger partial charge in [0.25, 0.3) is 11.9 Å². The number of amides is 2. The maximum atomic E-state index is 13.2. The van der Waals surface area contributed by atoms with Gasteiger partial charge in [-0.15, -0.1) is 0 Å². The summed E-state index contributed by atoms with van der Waals surface area (Å²) in [6.45, 7) is 2.21. The fourth-order valence-corrected chi connectivity index (χ4v) is 6.75. The third kappa shape index (κ3) is 7.57. The van der Waals surface area contributed by atoms with Crippen LogP contribution in [0.4, 0.5) is 0 Å². The topological polar surface area (TPSA) is 154 Å². The van der Waals surface area contributed by atoms with E-state index in [9.17, 15) is 27.9 Å². The van der Waals surface area contributed by atoms with E-state index >= 15 is 0 Å². The molecule has 1 fully saturated rings. The molecule has 0 spiro atoms. The quantitative estimate of drug-likeness (QED) is 0.306. The molecule has 1 saturated heterocycles. The summed E-state index contributed by atoms with van der Waals surface area (Å²) in [7, 11) is -3.92. The zero-order valence-corrected chi connectivity index (χ0v) is 25.3. The monoisotopic (exact) mass is 628 g/mol. The van der Waals surface area contributed by atoms with Gasteiger partial charge in [-0.2, -0.15) is 9.30 Å². The number of hydrogen-bond acceptors (Lipinski definition) is 7. The Morgan fingerprint density at radius 2 is 1.78 bits per heavy atom. The molecule has 5 rings (SSSR count). The number of nitrogens with one attached hydrogen (secondary N) is 2. The van der Waals surface area contributed by atoms with E-state index in [0.717, 1.165) is 9.87 Å². The molecule has 2 unspecified atom stereocenters. The van der Waals surface area contributed by atoms with Gasteiger partial charge in [-0.25, -0.2) is 13.2 Å². The second kappa shape index (κ2) is 13.8. The van der Waals surface area contributed by atoms with Crippen molar-refractivity contribution in [2.75, 3.05) is 13.1 Å². The van der Waals surface area contributed by atoms with Crippen molar-refractivity contribution in [1.82, 2.24) is 14.9 Å². The van der Waals surface area contributed by atoms with Crippen LogP contribution in [-0.4, -0.2) is 66.8 Å². The minimum Gasteiger partial charge on any atom is -0.480 e. The molecule has 45 heavy (non-hydrogen) atoms. The van der Waals surface area contributed by atoms with Gasteiger partial charge in [-0.1, -0.05) is 72.0 Å². The molecule has 3 N–H and O–H groups in total. The van der Waals surface area contributed by atoms with Gasteiger partial charge in [-0.05, 0) is 49.6 Å². The van der Waals surface area contributed by atoms with Crippen LogP contribution in [0.25, 0.3) is 0 Å². The molecule has 0 bridgehead atoms. The number of carboxylic acid groups (broad SMARTS) is 1. The van der Waals surface area contributed by atoms with E-state index in [1.54, 1.807) is 48.5 Å². The Kier molecular flexibility index (Phi) is 9.61. The number of sulfonamides is 1. The average molecular weight is 629 g/mol. The van der Waals surface area contributed by atoms with Crippen LogP contribution < -0.4 is 10.6 Å². The first-order valence-electron chi connectivity index (χ1n) is 14.4. The number of rotatable bonds is 9. The molecule has 0 aromatic heterocycles. The van der Waals surface area contributed by atoms with E-state index < -0.39 is 46.0 Å². The van der Waals surface area contributed by atoms with Gasteiger partial charge < -0.3 is 20.5 Å². The van der Waals surface area contributed by atoms with Crippen molar-refractivity contribution in [2.24, 2.45) is 4.99 Å². The highest BCUT2D eigenvalue weighted by molar-refractivity contribution is 7.89. The number of ether oxygens (including phenoxy) is 1. The first-order valence-corrected chi connectivity index (χ1v) is 15.8. The van der Waals surface area contributed by atoms with Gasteiger partial charge in [0, 0.05) is 24.1 Å². The number of benzene rings is 3. The van der Waals surface area contributed by atoms with Gasteiger partial charge in [0.1, 0.15) is 12.1 Å². The van der Waals surface area contributed by atoms with Crippen LogP contribution in [0, 0.1) is 18.8 Å². The molecule has 2 amide bonds. The average Bonchev–Trinajstić information content (AvgIpc) is 3.68. The van der Waals surface area contributed by atoms with Crippen LogP contribution in [0.1, 0.15) is 41.2 Å². The fraction of sp³-hybridized carbons (Fsp3) is 0.273. The van der Waals surface area contributed by atoms with Crippen molar-refractivity contribution >= 4 is 33.8 Å². The molecule has 11 nitrogen and oxygen atoms in total. The summed E-state index contributed by atoms with van der Waals surface area (Å²) in [6.07, 6.45) is 0.0143. The van der Waals surface area contributed by atoms with Gasteiger partial charge in [-0.3, -0.25) is 9.59 Å². The Bertz CT molecular complexity index is 1760. The summed E-state index contributed by atoms with van der Waals surface area (Å²) in [5, 5.41) is 15.2. The molecule has 3 aromatic rings. The number of hydrogen-bond donors (Lipinski definition) is 3. The summed E-state index contributed by atoms with van der Waals surface area (Å²) in [4.78, 5) is 41.3. The molecule has 2 aliphatic rings. The number of carbonyl (C=O) groups is 3. The molecule has 0 aliphatic carbocycles. The predicted molar refractivity (Wildman–Crippen MR) is 165 cm³/mol. The molecule has 12 heteroatoms. The van der Waals surface area contributed by atoms with Crippen LogP contribution in [0.2, 0.25) is 0 Å². The van der Waals surface area contributed by atoms with E-state index in [-0.39, 0.29) is 30.4 Å². The standard InChI is InChI=1S/C33H32N4O7S/c1-22-11-17-26(18-12-22)45(42,43)37-20-6-10-28(37)30(38)35-27(32(40)41)21-24-15-13-23(14-16-24)7-5-19-34-33-36-31(39)29(44-33)25-8-3-2-4-9-25/h2-4,8-9,11-18,27-29H,6,10,19-21H2,1H3,(H,35,38)(H,40,41)(H,34,36,39)/t27?,28-,29?/m0/s1. The summed E-state index contributed by atoms with van der Waals surface area (Å²) < 4.78 is 33.2. The molecular weight excluding hydrogens is 596 g/mol. The second-order valence-corrected chi connectivity index (χ2v) is 12.6. The lowest BCUT2D eigenvalue weighted by atomic mass is 10.0. The van der Waals surface area contributed by atoms with Crippen LogP contribution in [0.5, 0.6) is 0 Å². The Hall–Kier alpha value is -4.99. The van der Waals surface area contributed by atoms with Crippen LogP contribution >= 0.6 is 0 Å². The van der Waals surface area contributed by atoms with Crippen molar-refractivity contribution in [3.05, 3.63) is 101 Å². The normalized spacial score (nSPS) is 18.7. The largest absolute Gasteiger partial charge is 0.480 e. The zero-order chi connectivity index (χ0) is 32.0. The number of aliphatic carboxylic acids is 1. The molecule has 0 radical (unpaired) electrons. The lowest BCUT2D eigenvalue weighted by molar-refractivity contribution is -0.142. The van der Waals surface area contributed by atoms with Crippen LogP contribution in [0.15, 0.2) is 88.8 Å². The van der Waals surface area contributed by atoms with Crippen molar-refractivity contribution in [3.8, 4) is 11.8 Å². The third-order valence-corrected chi connectivity index (χ3v) is 9.39. The lowest BCUT2D eigenvalue weighted by Gasteiger charge is -2.25. The smallest absolute Gasteiger partial charge is 0.326 e. The van der Waals surface area contributed by atoms with Gasteiger partial charge in [0.2, 0.25) is 22.0 Å². The molecule has 232 valence electrons. The predicted octanol–water partition coefficient (Wildman–Crippen LogP) is 2.56. The maximum absolute atomic E-state index is 13.2. The van der Waals surface area contributed by atoms with Crippen molar-refractivity contribution in [1.29, 1.82) is 0 Å². The Morgan fingerprint density at radius 3 is 2.47 bits per heavy atom. The number of aliphatic imine (C=N–C) groups is 1. The van der Waals surface area contributed by atoms with Gasteiger partial charge >= 0.3 is 5.97 Å². The summed E-state index contributed by atoms with van der Waals surface area (Å²) in [5.41, 5.74) is 2.95. The number of carboxylic acids is 1. The highest BCUT2D eigenvalue weighted by Crippen LogP contribution is 2.27. The Morgan fingerprint density at radius 1 is 1.07 bits per heavy atom. The Labute approximate surface area is 261 Å². The summed E-state index contributed by atoms with van der Waals surface area (Å²) in [6, 6.07) is 20.2. The van der Waals surface area contributed by atoms with Crippen molar-refractivity contribution in [3.63, 3.8) is 0 Å². The van der Waals surface area contributed by atoms with Crippen molar-refractivity contribution in [2.45, 2.75) is 49.3 Å². The maximum Gasteiger partial charge on any atom is 0.326 e. The van der Waals surface area contributed by atoms with Crippen molar-refractivity contribution < 1.29 is 32.6 Å². The molecule has 2 heterocycles. The summed E-state index contributed by atoms with van der Waals surface area (Å²) in [5.74, 6) is 3.64. The fourth-order valence-electron chi connectivity index (χ4n) is 5.10. The number of aryl methyl sites for hydroxylation is 1. The molecule has 0 saturated carbocycles. The van der Waals surface area contributed by atoms with E-state index in [2.05, 4.69) is 27.5 Å². The molecule has 3 atom stereocenters. The van der Waals surface area contributed by atoms with Gasteiger partial charge in [0.05, 0.1) is 11.4 Å². The number of carbonyl (C=O) groups excluding carboxylic acids is 2. The molecule has 2 aliphatic heterocycles. The molecule has 3 aromatic carbocycles. The highest BCUT2D eigenvalue weighted by atomic mass is 32.2. The second-order valence-electron chi connectivity index (χ2n) is 10.7. The SMILES string of the molecule is Cc1ccc(S(=O)(=O)N2CCC[C@H]2C(=O)NC(Cc2ccc(C#CCNC3=NC(=O)C(c4ccccc4)O3)cc2)C(=O)O)cc1. The zero-order valence-electron chi connectivity index (χ0n) is 24.5. The summed E-state index contributed by atoms with van der Waals surface area (Å²) >= 11 is 0. The number of amidine groups is 1. The van der Waals surface area contributed by atoms with E-state index in [1.165, 1.54) is 12.1 Å². The van der Waals surface area contributed by atoms with Crippen LogP contribution in [-0.2, 0) is 35.6 Å². The van der Waals surface area contributed by atoms with Gasteiger partial charge in [0.15, 0.2) is 0 Å². The first-order chi connectivity index (χ1) is 21.6. The molecular formula is C33H32N4O7S. The lowest BCUT2D eigenvalue weighted by Crippen LogP contribution is -2.51. The van der Waals surface area contributed by atoms with Crippen LogP contribution in [0.3, 0.4) is 0 Å². The Balaban J connectivity index is 1.14. The third-order valence-electron chi connectivity index (χ3n) is 7.47. The van der Waals surface area contributed by atoms with E-state index in [1.807, 2.05) is 25.1 Å². The van der Waals surface area contributed by atoms with E-state index in [0.29, 0.717) is 29.5 Å². The minimum absolute atomic E-state index is 0.00153. The first kappa shape index (κ1) is 31.4. The highest BCUT2D eigenvalue weighted by Gasteiger charge is 2.40. The minimum atomic E-state index is -3.92. The van der Waals surface area contributed by atoms with E-state index in [4.69, 9.17) is 4.74 Å².